The molecule has 33 heavy (non-hydrogen) atoms. The molecule has 5 rings (SSSR count). The number of benzene rings is 1. The topological polar surface area (TPSA) is 78.7 Å². The van der Waals surface area contributed by atoms with E-state index >= 15 is 0 Å². The van der Waals surface area contributed by atoms with E-state index in [-0.39, 0.29) is 29.9 Å². The van der Waals surface area contributed by atoms with Crippen molar-refractivity contribution in [3.8, 4) is 0 Å². The average molecular weight is 467 g/mol. The number of nitrogens with zero attached hydrogens (tertiary/aromatic N) is 2. The Bertz CT molecular complexity index is 938. The minimum Gasteiger partial charge on any atom is -0.352 e. The molecule has 0 spiro atoms. The molecule has 3 aliphatic rings. The van der Waals surface area contributed by atoms with E-state index in [2.05, 4.69) is 34.5 Å². The second kappa shape index (κ2) is 9.95. The highest BCUT2D eigenvalue weighted by molar-refractivity contribution is 7.12. The molecule has 6 nitrogen and oxygen atoms in total. The van der Waals surface area contributed by atoms with Crippen LogP contribution < -0.4 is 11.1 Å². The van der Waals surface area contributed by atoms with Gasteiger partial charge in [0.25, 0.3) is 5.91 Å². The first-order chi connectivity index (χ1) is 16.1. The molecule has 2 amide bonds. The van der Waals surface area contributed by atoms with E-state index in [1.54, 1.807) is 0 Å². The van der Waals surface area contributed by atoms with Crippen LogP contribution in [0.5, 0.6) is 0 Å². The predicted molar refractivity (Wildman–Crippen MR) is 131 cm³/mol. The molecule has 3 N–H and O–H groups in total. The van der Waals surface area contributed by atoms with Crippen LogP contribution in [0, 0.1) is 0 Å². The van der Waals surface area contributed by atoms with Crippen molar-refractivity contribution in [1.29, 1.82) is 0 Å². The molecule has 2 saturated carbocycles. The maximum Gasteiger partial charge on any atom is 0.264 e. The minimum absolute atomic E-state index is 0.00154. The van der Waals surface area contributed by atoms with Crippen molar-refractivity contribution < 1.29 is 9.59 Å². The number of likely N-dealkylation sites (tertiary alicyclic amines) is 1. The van der Waals surface area contributed by atoms with Gasteiger partial charge >= 0.3 is 0 Å². The molecule has 2 aliphatic carbocycles. The minimum atomic E-state index is -0.419. The number of amides is 2. The molecule has 1 saturated heterocycles. The lowest BCUT2D eigenvalue weighted by molar-refractivity contribution is -0.125. The van der Waals surface area contributed by atoms with E-state index < -0.39 is 6.04 Å². The second-order valence-corrected chi connectivity index (χ2v) is 10.8. The Morgan fingerprint density at radius 2 is 1.76 bits per heavy atom. The summed E-state index contributed by atoms with van der Waals surface area (Å²) >= 11 is 1.45. The van der Waals surface area contributed by atoms with E-state index in [4.69, 9.17) is 5.73 Å². The zero-order valence-electron chi connectivity index (χ0n) is 19.1. The fraction of sp³-hybridized carbons (Fsp3) is 0.538. The number of rotatable bonds is 7. The molecule has 3 fully saturated rings. The maximum atomic E-state index is 13.4. The third-order valence-electron chi connectivity index (χ3n) is 7.39. The lowest BCUT2D eigenvalue weighted by atomic mass is 9.91. The fourth-order valence-electron chi connectivity index (χ4n) is 5.39. The molecule has 2 aromatic rings. The van der Waals surface area contributed by atoms with E-state index in [1.807, 2.05) is 28.5 Å². The van der Waals surface area contributed by atoms with Crippen molar-refractivity contribution in [2.75, 3.05) is 6.54 Å². The Balaban J connectivity index is 1.33. The SMILES string of the molecule is NC1CCC(NC(=O)C2CC(N(Cc3ccccc3)C3CC3)CN2C(=O)c2cccs2)CC1. The van der Waals surface area contributed by atoms with Gasteiger partial charge in [-0.05, 0) is 62.0 Å². The monoisotopic (exact) mass is 466 g/mol. The number of hydrogen-bond acceptors (Lipinski definition) is 5. The summed E-state index contributed by atoms with van der Waals surface area (Å²) in [6.07, 6.45) is 6.82. The highest BCUT2D eigenvalue weighted by Gasteiger charge is 2.45. The summed E-state index contributed by atoms with van der Waals surface area (Å²) in [4.78, 5) is 31.9. The van der Waals surface area contributed by atoms with Crippen LogP contribution in [0.15, 0.2) is 47.8 Å². The first kappa shape index (κ1) is 22.6. The molecule has 0 radical (unpaired) electrons. The Hall–Kier alpha value is -2.22. The third kappa shape index (κ3) is 5.31. The van der Waals surface area contributed by atoms with Gasteiger partial charge in [-0.25, -0.2) is 0 Å². The van der Waals surface area contributed by atoms with Gasteiger partial charge in [0.1, 0.15) is 6.04 Å². The van der Waals surface area contributed by atoms with Gasteiger partial charge in [-0.2, -0.15) is 0 Å². The Morgan fingerprint density at radius 1 is 1.00 bits per heavy atom. The summed E-state index contributed by atoms with van der Waals surface area (Å²) in [7, 11) is 0. The molecule has 0 bridgehead atoms. The van der Waals surface area contributed by atoms with Crippen LogP contribution in [0.4, 0.5) is 0 Å². The van der Waals surface area contributed by atoms with Gasteiger partial charge in [0, 0.05) is 37.3 Å². The average Bonchev–Trinajstić information content (AvgIpc) is 3.33. The van der Waals surface area contributed by atoms with Crippen molar-refractivity contribution in [3.63, 3.8) is 0 Å². The van der Waals surface area contributed by atoms with Gasteiger partial charge in [0.2, 0.25) is 5.91 Å². The standard InChI is InChI=1S/C26H34N4O2S/c27-19-8-10-20(11-9-19)28-25(31)23-15-22(17-30(23)26(32)24-7-4-14-33-24)29(21-12-13-21)16-18-5-2-1-3-6-18/h1-7,14,19-23H,8-13,15-17,27H2,(H,28,31). The Labute approximate surface area is 200 Å². The first-order valence-corrected chi connectivity index (χ1v) is 13.2. The summed E-state index contributed by atoms with van der Waals surface area (Å²) < 4.78 is 0. The van der Waals surface area contributed by atoms with Crippen molar-refractivity contribution in [1.82, 2.24) is 15.1 Å². The summed E-state index contributed by atoms with van der Waals surface area (Å²) in [6.45, 7) is 1.47. The lowest BCUT2D eigenvalue weighted by Gasteiger charge is -2.29. The Morgan fingerprint density at radius 3 is 2.42 bits per heavy atom. The van der Waals surface area contributed by atoms with E-state index in [0.29, 0.717) is 23.9 Å². The highest BCUT2D eigenvalue weighted by Crippen LogP contribution is 2.35. The summed E-state index contributed by atoms with van der Waals surface area (Å²) in [5.41, 5.74) is 7.33. The second-order valence-electron chi connectivity index (χ2n) is 9.85. The number of nitrogens with two attached hydrogens (primary N) is 1. The molecule has 1 aromatic carbocycles. The molecular weight excluding hydrogens is 432 g/mol. The predicted octanol–water partition coefficient (Wildman–Crippen LogP) is 3.38. The van der Waals surface area contributed by atoms with Gasteiger partial charge in [0.05, 0.1) is 4.88 Å². The molecule has 2 atom stereocenters. The maximum absolute atomic E-state index is 13.4. The first-order valence-electron chi connectivity index (χ1n) is 12.3. The van der Waals surface area contributed by atoms with Gasteiger partial charge in [-0.3, -0.25) is 14.5 Å². The lowest BCUT2D eigenvalue weighted by Crippen LogP contribution is -2.50. The quantitative estimate of drug-likeness (QED) is 0.656. The van der Waals surface area contributed by atoms with Crippen LogP contribution in [0.1, 0.15) is 60.2 Å². The van der Waals surface area contributed by atoms with Crippen LogP contribution in [0.3, 0.4) is 0 Å². The number of nitrogens with one attached hydrogen (secondary N) is 1. The molecule has 176 valence electrons. The number of carbonyl (C=O) groups is 2. The van der Waals surface area contributed by atoms with E-state index in [9.17, 15) is 9.59 Å². The largest absolute Gasteiger partial charge is 0.352 e. The Kier molecular flexibility index (Phi) is 6.81. The van der Waals surface area contributed by atoms with Crippen LogP contribution in [0.25, 0.3) is 0 Å². The van der Waals surface area contributed by atoms with Crippen molar-refractivity contribution in [3.05, 3.63) is 58.3 Å². The van der Waals surface area contributed by atoms with Gasteiger partial charge < -0.3 is 16.0 Å². The molecule has 2 heterocycles. The fourth-order valence-corrected chi connectivity index (χ4v) is 6.07. The van der Waals surface area contributed by atoms with Gasteiger partial charge in [0.15, 0.2) is 0 Å². The summed E-state index contributed by atoms with van der Waals surface area (Å²) in [5, 5.41) is 5.19. The van der Waals surface area contributed by atoms with E-state index in [1.165, 1.54) is 29.7 Å². The third-order valence-corrected chi connectivity index (χ3v) is 8.24. The molecule has 1 aliphatic heterocycles. The smallest absolute Gasteiger partial charge is 0.264 e. The molecule has 1 aromatic heterocycles. The number of thiophene rings is 1. The van der Waals surface area contributed by atoms with E-state index in [0.717, 1.165) is 32.2 Å². The molecule has 2 unspecified atom stereocenters. The van der Waals surface area contributed by atoms with Gasteiger partial charge in [-0.15, -0.1) is 11.3 Å². The molecule has 7 heteroatoms. The zero-order chi connectivity index (χ0) is 22.8. The van der Waals surface area contributed by atoms with Crippen molar-refractivity contribution in [2.24, 2.45) is 5.73 Å². The number of carbonyl (C=O) groups excluding carboxylic acids is 2. The van der Waals surface area contributed by atoms with Crippen molar-refractivity contribution in [2.45, 2.75) is 81.7 Å². The van der Waals surface area contributed by atoms with Gasteiger partial charge in [-0.1, -0.05) is 36.4 Å². The summed E-state index contributed by atoms with van der Waals surface area (Å²) in [6, 6.07) is 15.0. The zero-order valence-corrected chi connectivity index (χ0v) is 19.9. The van der Waals surface area contributed by atoms with Crippen LogP contribution >= 0.6 is 11.3 Å². The normalized spacial score (nSPS) is 27.6. The molecular formula is C26H34N4O2S. The van der Waals surface area contributed by atoms with Crippen molar-refractivity contribution >= 4 is 23.2 Å². The number of hydrogen-bond donors (Lipinski definition) is 2. The van der Waals surface area contributed by atoms with Crippen LogP contribution in [-0.2, 0) is 11.3 Å². The van der Waals surface area contributed by atoms with Crippen LogP contribution in [0.2, 0.25) is 0 Å². The summed E-state index contributed by atoms with van der Waals surface area (Å²) in [5.74, 6) is -0.0212. The highest BCUT2D eigenvalue weighted by atomic mass is 32.1. The van der Waals surface area contributed by atoms with Crippen LogP contribution in [-0.4, -0.2) is 58.4 Å².